The van der Waals surface area contributed by atoms with E-state index in [4.69, 9.17) is 9.47 Å². The number of nitrogens with zero attached hydrogens (tertiary/aromatic N) is 2. The maximum Gasteiger partial charge on any atom is 0.419 e. The largest absolute Gasteiger partial charge is 0.419 e. The van der Waals surface area contributed by atoms with Crippen LogP contribution in [0.3, 0.4) is 0 Å². The molecule has 21 heavy (non-hydrogen) atoms. The summed E-state index contributed by atoms with van der Waals surface area (Å²) in [4.78, 5) is 17.1. The van der Waals surface area contributed by atoms with E-state index in [-0.39, 0.29) is 6.54 Å². The Morgan fingerprint density at radius 3 is 2.67 bits per heavy atom. The van der Waals surface area contributed by atoms with E-state index in [9.17, 15) is 13.6 Å². The van der Waals surface area contributed by atoms with E-state index in [0.29, 0.717) is 24.4 Å². The molecule has 116 valence electrons. The molecule has 1 aliphatic heterocycles. The second kappa shape index (κ2) is 6.77. The lowest BCUT2D eigenvalue weighted by Crippen LogP contribution is -2.37. The lowest BCUT2D eigenvalue weighted by molar-refractivity contribution is -0.108. The van der Waals surface area contributed by atoms with Crippen molar-refractivity contribution in [2.75, 3.05) is 25.7 Å². The van der Waals surface area contributed by atoms with Gasteiger partial charge in [0.2, 0.25) is 6.29 Å². The van der Waals surface area contributed by atoms with Gasteiger partial charge in [-0.3, -0.25) is 4.90 Å². The van der Waals surface area contributed by atoms with Crippen LogP contribution in [-0.2, 0) is 20.6 Å². The van der Waals surface area contributed by atoms with Crippen LogP contribution in [0.2, 0.25) is 0 Å². The summed E-state index contributed by atoms with van der Waals surface area (Å²) in [7, 11) is 2.91. The van der Waals surface area contributed by atoms with E-state index in [1.807, 2.05) is 0 Å². The SMILES string of the molecule is COC(OC)c1ccc2c(n1)N(C(=O)OC(F)F)CCC2. The molecule has 0 fully saturated rings. The van der Waals surface area contributed by atoms with Gasteiger partial charge in [-0.15, -0.1) is 0 Å². The maximum absolute atomic E-state index is 12.2. The monoisotopic (exact) mass is 302 g/mol. The Morgan fingerprint density at radius 2 is 2.05 bits per heavy atom. The number of carbonyl (C=O) groups is 1. The third-order valence-corrected chi connectivity index (χ3v) is 3.14. The molecule has 0 aromatic carbocycles. The van der Waals surface area contributed by atoms with Crippen molar-refractivity contribution in [1.29, 1.82) is 0 Å². The number of pyridine rings is 1. The summed E-state index contributed by atoms with van der Waals surface area (Å²) in [6.45, 7) is -2.88. The van der Waals surface area contributed by atoms with Crippen molar-refractivity contribution in [1.82, 2.24) is 4.98 Å². The summed E-state index contributed by atoms with van der Waals surface area (Å²) in [5, 5.41) is 0. The molecule has 0 radical (unpaired) electrons. The first kappa shape index (κ1) is 15.6. The van der Waals surface area contributed by atoms with Crippen molar-refractivity contribution in [3.63, 3.8) is 0 Å². The highest BCUT2D eigenvalue weighted by molar-refractivity contribution is 5.87. The van der Waals surface area contributed by atoms with Crippen molar-refractivity contribution < 1.29 is 27.8 Å². The standard InChI is InChI=1S/C13H16F2N2O4/c1-19-11(20-2)9-6-5-8-4-3-7-17(10(8)16-9)13(18)21-12(14)15/h5-6,11-12H,3-4,7H2,1-2H3. The van der Waals surface area contributed by atoms with Gasteiger partial charge in [0.1, 0.15) is 5.82 Å². The number of alkyl halides is 2. The summed E-state index contributed by atoms with van der Waals surface area (Å²) >= 11 is 0. The number of amides is 1. The first-order valence-electron chi connectivity index (χ1n) is 6.38. The smallest absolute Gasteiger partial charge is 0.386 e. The number of ether oxygens (including phenoxy) is 3. The van der Waals surface area contributed by atoms with Crippen LogP contribution in [0.5, 0.6) is 0 Å². The summed E-state index contributed by atoms with van der Waals surface area (Å²) in [5.74, 6) is 0.309. The van der Waals surface area contributed by atoms with Crippen LogP contribution < -0.4 is 4.90 Å². The van der Waals surface area contributed by atoms with Crippen molar-refractivity contribution in [3.8, 4) is 0 Å². The van der Waals surface area contributed by atoms with Crippen LogP contribution in [0, 0.1) is 0 Å². The molecule has 8 heteroatoms. The lowest BCUT2D eigenvalue weighted by Gasteiger charge is -2.28. The molecule has 0 N–H and O–H groups in total. The third-order valence-electron chi connectivity index (χ3n) is 3.14. The van der Waals surface area contributed by atoms with Gasteiger partial charge < -0.3 is 14.2 Å². The van der Waals surface area contributed by atoms with Gasteiger partial charge in [-0.2, -0.15) is 8.78 Å². The molecule has 2 heterocycles. The maximum atomic E-state index is 12.2. The fourth-order valence-corrected chi connectivity index (χ4v) is 2.24. The zero-order valence-electron chi connectivity index (χ0n) is 11.7. The van der Waals surface area contributed by atoms with E-state index in [0.717, 1.165) is 10.5 Å². The van der Waals surface area contributed by atoms with Gasteiger partial charge >= 0.3 is 12.7 Å². The fraction of sp³-hybridized carbons (Fsp3) is 0.538. The molecule has 1 aromatic rings. The average molecular weight is 302 g/mol. The molecule has 1 amide bonds. The highest BCUT2D eigenvalue weighted by atomic mass is 19.3. The Labute approximate surface area is 120 Å². The number of fused-ring (bicyclic) bond motifs is 1. The van der Waals surface area contributed by atoms with Crippen molar-refractivity contribution in [2.24, 2.45) is 0 Å². The Hall–Kier alpha value is -1.80. The van der Waals surface area contributed by atoms with Crippen LogP contribution >= 0.6 is 0 Å². The number of methoxy groups -OCH3 is 2. The molecule has 0 saturated heterocycles. The zero-order valence-corrected chi connectivity index (χ0v) is 11.7. The van der Waals surface area contributed by atoms with Gasteiger partial charge in [-0.05, 0) is 24.5 Å². The quantitative estimate of drug-likeness (QED) is 0.800. The first-order chi connectivity index (χ1) is 10.1. The number of aryl methyl sites for hydroxylation is 1. The van der Waals surface area contributed by atoms with Crippen molar-refractivity contribution in [2.45, 2.75) is 25.7 Å². The normalized spacial score (nSPS) is 14.5. The number of hydrogen-bond acceptors (Lipinski definition) is 5. The summed E-state index contributed by atoms with van der Waals surface area (Å²) in [6, 6.07) is 3.50. The van der Waals surface area contributed by atoms with Crippen LogP contribution in [0.1, 0.15) is 24.0 Å². The van der Waals surface area contributed by atoms with E-state index in [2.05, 4.69) is 9.72 Å². The Balaban J connectivity index is 2.31. The van der Waals surface area contributed by atoms with Gasteiger partial charge in [0.05, 0.1) is 5.69 Å². The molecule has 6 nitrogen and oxygen atoms in total. The van der Waals surface area contributed by atoms with Gasteiger partial charge in [0.15, 0.2) is 0 Å². The molecular weight excluding hydrogens is 286 g/mol. The Morgan fingerprint density at radius 1 is 1.33 bits per heavy atom. The van der Waals surface area contributed by atoms with Crippen molar-refractivity contribution in [3.05, 3.63) is 23.4 Å². The van der Waals surface area contributed by atoms with Crippen LogP contribution in [0.15, 0.2) is 12.1 Å². The molecule has 1 aromatic heterocycles. The molecule has 1 aliphatic rings. The predicted molar refractivity (Wildman–Crippen MR) is 69.1 cm³/mol. The number of halogens is 2. The second-order valence-electron chi connectivity index (χ2n) is 4.42. The topological polar surface area (TPSA) is 60.9 Å². The highest BCUT2D eigenvalue weighted by Gasteiger charge is 2.28. The molecular formula is C13H16F2N2O4. The van der Waals surface area contributed by atoms with Crippen LogP contribution in [0.4, 0.5) is 19.4 Å². The van der Waals surface area contributed by atoms with Gasteiger partial charge in [-0.1, -0.05) is 6.07 Å². The number of aromatic nitrogens is 1. The highest BCUT2D eigenvalue weighted by Crippen LogP contribution is 2.28. The molecule has 0 unspecified atom stereocenters. The number of rotatable bonds is 4. The summed E-state index contributed by atoms with van der Waals surface area (Å²) in [6.07, 6.45) is -0.428. The van der Waals surface area contributed by atoms with Gasteiger partial charge in [-0.25, -0.2) is 9.78 Å². The molecule has 0 atom stereocenters. The van der Waals surface area contributed by atoms with E-state index in [1.165, 1.54) is 14.2 Å². The number of hydrogen-bond donors (Lipinski definition) is 0. The third kappa shape index (κ3) is 3.45. The molecule has 0 bridgehead atoms. The number of carbonyl (C=O) groups excluding carboxylic acids is 1. The summed E-state index contributed by atoms with van der Waals surface area (Å²) < 4.78 is 38.6. The average Bonchev–Trinajstić information content (AvgIpc) is 2.47. The molecule has 2 rings (SSSR count). The minimum absolute atomic E-state index is 0.277. The summed E-state index contributed by atoms with van der Waals surface area (Å²) in [5.41, 5.74) is 1.25. The zero-order chi connectivity index (χ0) is 15.4. The van der Waals surface area contributed by atoms with E-state index in [1.54, 1.807) is 12.1 Å². The Kier molecular flexibility index (Phi) is 5.03. The molecule has 0 saturated carbocycles. The Bertz CT molecular complexity index is 509. The van der Waals surface area contributed by atoms with Crippen LogP contribution in [0.25, 0.3) is 0 Å². The molecule has 0 spiro atoms. The second-order valence-corrected chi connectivity index (χ2v) is 4.42. The lowest BCUT2D eigenvalue weighted by atomic mass is 10.1. The van der Waals surface area contributed by atoms with E-state index >= 15 is 0 Å². The number of anilines is 1. The van der Waals surface area contributed by atoms with Gasteiger partial charge in [0.25, 0.3) is 0 Å². The van der Waals surface area contributed by atoms with Gasteiger partial charge in [0, 0.05) is 20.8 Å². The minimum Gasteiger partial charge on any atom is -0.386 e. The van der Waals surface area contributed by atoms with E-state index < -0.39 is 19.0 Å². The van der Waals surface area contributed by atoms with Crippen molar-refractivity contribution >= 4 is 11.9 Å². The van der Waals surface area contributed by atoms with Crippen LogP contribution in [-0.4, -0.2) is 38.5 Å². The minimum atomic E-state index is -3.16. The fourth-order valence-electron chi connectivity index (χ4n) is 2.24. The molecule has 0 aliphatic carbocycles. The predicted octanol–water partition coefficient (Wildman–Crippen LogP) is 2.48. The first-order valence-corrected chi connectivity index (χ1v) is 6.38.